The molecule has 0 fully saturated rings. The fourth-order valence-corrected chi connectivity index (χ4v) is 1.02. The van der Waals surface area contributed by atoms with Crippen molar-refractivity contribution < 1.29 is 14.6 Å². The summed E-state index contributed by atoms with van der Waals surface area (Å²) >= 11 is 0. The van der Waals surface area contributed by atoms with Gasteiger partial charge in [-0.2, -0.15) is 0 Å². The minimum absolute atomic E-state index is 0.297. The number of hydrogen-bond acceptors (Lipinski definition) is 3. The molecule has 0 aliphatic carbocycles. The van der Waals surface area contributed by atoms with Gasteiger partial charge in [0.2, 0.25) is 0 Å². The van der Waals surface area contributed by atoms with Gasteiger partial charge in [-0.15, -0.1) is 0 Å². The third kappa shape index (κ3) is 7.54. The van der Waals surface area contributed by atoms with Gasteiger partial charge in [0.25, 0.3) is 0 Å². The van der Waals surface area contributed by atoms with Crippen molar-refractivity contribution in [3.63, 3.8) is 0 Å². The van der Waals surface area contributed by atoms with E-state index in [0.717, 1.165) is 12.8 Å². The molecule has 0 heterocycles. The average molecular weight is 174 g/mol. The summed E-state index contributed by atoms with van der Waals surface area (Å²) in [6.45, 7) is 1.66. The molecule has 0 unspecified atom stereocenters. The van der Waals surface area contributed by atoms with E-state index in [4.69, 9.17) is 5.11 Å². The second kappa shape index (κ2) is 8.53. The fourth-order valence-electron chi connectivity index (χ4n) is 1.02. The first kappa shape index (κ1) is 11.4. The second-order valence-electron chi connectivity index (χ2n) is 2.81. The van der Waals surface area contributed by atoms with Crippen LogP contribution in [-0.2, 0) is 9.53 Å². The molecule has 0 bridgehead atoms. The number of esters is 1. The number of carbonyl (C=O) groups excluding carboxylic acids is 1. The molecule has 0 aromatic rings. The Morgan fingerprint density at radius 1 is 1.25 bits per heavy atom. The molecule has 0 saturated carbocycles. The van der Waals surface area contributed by atoms with Crippen LogP contribution in [0.25, 0.3) is 0 Å². The molecule has 0 aromatic heterocycles. The van der Waals surface area contributed by atoms with Crippen LogP contribution >= 0.6 is 0 Å². The lowest BCUT2D eigenvalue weighted by atomic mass is 10.1. The zero-order chi connectivity index (χ0) is 9.23. The Balaban J connectivity index is 3.03. The summed E-state index contributed by atoms with van der Waals surface area (Å²) in [6, 6.07) is 0. The minimum Gasteiger partial charge on any atom is -0.439 e. The van der Waals surface area contributed by atoms with Gasteiger partial charge in [0.05, 0.1) is 0 Å². The van der Waals surface area contributed by atoms with E-state index in [1.54, 1.807) is 0 Å². The average Bonchev–Trinajstić information content (AvgIpc) is 2.05. The molecular weight excluding hydrogens is 156 g/mol. The third-order valence-electron chi connectivity index (χ3n) is 1.71. The maximum absolute atomic E-state index is 10.7. The van der Waals surface area contributed by atoms with Crippen LogP contribution in [0.1, 0.15) is 45.4 Å². The highest BCUT2D eigenvalue weighted by atomic mass is 16.6. The van der Waals surface area contributed by atoms with Gasteiger partial charge in [0.15, 0.2) is 6.79 Å². The first-order chi connectivity index (χ1) is 5.81. The molecule has 0 aliphatic heterocycles. The molecule has 0 spiro atoms. The smallest absolute Gasteiger partial charge is 0.307 e. The number of aliphatic hydroxyl groups excluding tert-OH is 1. The van der Waals surface area contributed by atoms with Crippen LogP contribution in [0.2, 0.25) is 0 Å². The van der Waals surface area contributed by atoms with E-state index in [2.05, 4.69) is 11.7 Å². The first-order valence-corrected chi connectivity index (χ1v) is 4.57. The van der Waals surface area contributed by atoms with Crippen LogP contribution in [0.5, 0.6) is 0 Å². The van der Waals surface area contributed by atoms with Gasteiger partial charge in [0, 0.05) is 6.42 Å². The van der Waals surface area contributed by atoms with Crippen molar-refractivity contribution >= 4 is 5.97 Å². The van der Waals surface area contributed by atoms with E-state index in [1.165, 1.54) is 19.3 Å². The highest BCUT2D eigenvalue weighted by Crippen LogP contribution is 2.05. The van der Waals surface area contributed by atoms with Crippen molar-refractivity contribution in [3.8, 4) is 0 Å². The summed E-state index contributed by atoms with van der Waals surface area (Å²) < 4.78 is 4.37. The van der Waals surface area contributed by atoms with Crippen molar-refractivity contribution in [2.75, 3.05) is 6.79 Å². The molecule has 0 rings (SSSR count). The zero-order valence-corrected chi connectivity index (χ0v) is 7.71. The summed E-state index contributed by atoms with van der Waals surface area (Å²) in [4.78, 5) is 10.7. The van der Waals surface area contributed by atoms with Crippen LogP contribution < -0.4 is 0 Å². The van der Waals surface area contributed by atoms with Gasteiger partial charge in [-0.25, -0.2) is 0 Å². The van der Waals surface area contributed by atoms with Gasteiger partial charge in [0.1, 0.15) is 0 Å². The standard InChI is InChI=1S/C9H18O3/c1-2-3-4-5-6-7-9(11)12-8-10/h10H,2-8H2,1H3. The Morgan fingerprint density at radius 2 is 1.92 bits per heavy atom. The van der Waals surface area contributed by atoms with Gasteiger partial charge < -0.3 is 9.84 Å². The van der Waals surface area contributed by atoms with Crippen molar-refractivity contribution in [3.05, 3.63) is 0 Å². The van der Waals surface area contributed by atoms with Crippen LogP contribution in [0.4, 0.5) is 0 Å². The van der Waals surface area contributed by atoms with Gasteiger partial charge in [-0.1, -0.05) is 32.6 Å². The van der Waals surface area contributed by atoms with Crippen molar-refractivity contribution in [2.45, 2.75) is 45.4 Å². The molecule has 0 radical (unpaired) electrons. The van der Waals surface area contributed by atoms with E-state index >= 15 is 0 Å². The molecule has 0 saturated heterocycles. The molecule has 0 atom stereocenters. The van der Waals surface area contributed by atoms with Crippen LogP contribution in [-0.4, -0.2) is 17.9 Å². The predicted molar refractivity (Wildman–Crippen MR) is 46.6 cm³/mol. The first-order valence-electron chi connectivity index (χ1n) is 4.57. The number of carbonyl (C=O) groups is 1. The molecule has 3 heteroatoms. The van der Waals surface area contributed by atoms with Crippen LogP contribution in [0, 0.1) is 0 Å². The SMILES string of the molecule is CCCCCCCC(=O)OCO. The van der Waals surface area contributed by atoms with E-state index in [0.29, 0.717) is 6.42 Å². The van der Waals surface area contributed by atoms with E-state index in [1.807, 2.05) is 0 Å². The normalized spacial score (nSPS) is 9.83. The zero-order valence-electron chi connectivity index (χ0n) is 7.71. The fraction of sp³-hybridized carbons (Fsp3) is 0.889. The maximum Gasteiger partial charge on any atom is 0.307 e. The minimum atomic E-state index is -0.492. The van der Waals surface area contributed by atoms with E-state index < -0.39 is 6.79 Å². The molecular formula is C9H18O3. The highest BCUT2D eigenvalue weighted by Gasteiger charge is 2.00. The van der Waals surface area contributed by atoms with Crippen molar-refractivity contribution in [2.24, 2.45) is 0 Å². The number of unbranched alkanes of at least 4 members (excludes halogenated alkanes) is 4. The van der Waals surface area contributed by atoms with Gasteiger partial charge in [-0.3, -0.25) is 4.79 Å². The summed E-state index contributed by atoms with van der Waals surface area (Å²) in [5.41, 5.74) is 0. The number of hydrogen-bond donors (Lipinski definition) is 1. The van der Waals surface area contributed by atoms with Crippen LogP contribution in [0.15, 0.2) is 0 Å². The Hall–Kier alpha value is -0.570. The molecule has 3 nitrogen and oxygen atoms in total. The van der Waals surface area contributed by atoms with Crippen molar-refractivity contribution in [1.82, 2.24) is 0 Å². The lowest BCUT2D eigenvalue weighted by Crippen LogP contribution is -2.04. The summed E-state index contributed by atoms with van der Waals surface area (Å²) in [5.74, 6) is -0.297. The molecule has 12 heavy (non-hydrogen) atoms. The highest BCUT2D eigenvalue weighted by molar-refractivity contribution is 5.69. The van der Waals surface area contributed by atoms with E-state index in [-0.39, 0.29) is 5.97 Å². The van der Waals surface area contributed by atoms with Gasteiger partial charge >= 0.3 is 5.97 Å². The quantitative estimate of drug-likeness (QED) is 0.364. The maximum atomic E-state index is 10.7. The van der Waals surface area contributed by atoms with Crippen LogP contribution in [0.3, 0.4) is 0 Å². The van der Waals surface area contributed by atoms with Gasteiger partial charge in [-0.05, 0) is 6.42 Å². The number of ether oxygens (including phenoxy) is 1. The van der Waals surface area contributed by atoms with E-state index in [9.17, 15) is 4.79 Å². The molecule has 0 aliphatic rings. The largest absolute Gasteiger partial charge is 0.439 e. The second-order valence-corrected chi connectivity index (χ2v) is 2.81. The Bertz CT molecular complexity index is 112. The summed E-state index contributed by atoms with van der Waals surface area (Å²) in [5, 5.41) is 8.23. The molecule has 0 aromatic carbocycles. The Labute approximate surface area is 73.7 Å². The predicted octanol–water partition coefficient (Wildman–Crippen LogP) is 1.84. The Morgan fingerprint density at radius 3 is 2.50 bits per heavy atom. The molecule has 1 N–H and O–H groups in total. The lowest BCUT2D eigenvalue weighted by molar-refractivity contribution is -0.151. The topological polar surface area (TPSA) is 46.5 Å². The van der Waals surface area contributed by atoms with Crippen molar-refractivity contribution in [1.29, 1.82) is 0 Å². The third-order valence-corrected chi connectivity index (χ3v) is 1.71. The lowest BCUT2D eigenvalue weighted by Gasteiger charge is -2.00. The monoisotopic (exact) mass is 174 g/mol. The molecule has 72 valence electrons. The summed E-state index contributed by atoms with van der Waals surface area (Å²) in [7, 11) is 0. The number of aliphatic hydroxyl groups is 1. The Kier molecular flexibility index (Phi) is 8.12. The molecule has 0 amide bonds. The summed E-state index contributed by atoms with van der Waals surface area (Å²) in [6.07, 6.45) is 6.01. The number of rotatable bonds is 7.